The summed E-state index contributed by atoms with van der Waals surface area (Å²) in [4.78, 5) is 19.8. The predicted octanol–water partition coefficient (Wildman–Crippen LogP) is 10.9. The molecular weight excluding hydrogens is 601 g/mol. The topological polar surface area (TPSA) is 77.8 Å². The summed E-state index contributed by atoms with van der Waals surface area (Å²) in [6.07, 6.45) is 0. The Morgan fingerprint density at radius 1 is 0.447 bits per heavy atom. The average molecular weight is 623 g/mol. The van der Waals surface area contributed by atoms with Gasteiger partial charge in [-0.15, -0.1) is 11.3 Å². The minimum absolute atomic E-state index is 0.570. The molecule has 0 bridgehead atoms. The molecule has 0 atom stereocenters. The van der Waals surface area contributed by atoms with E-state index in [1.54, 1.807) is 11.3 Å². The molecule has 0 aliphatic carbocycles. The smallest absolute Gasteiger partial charge is 0.228 e. The maximum Gasteiger partial charge on any atom is 0.228 e. The predicted molar refractivity (Wildman–Crippen MR) is 189 cm³/mol. The third-order valence-corrected chi connectivity index (χ3v) is 9.80. The summed E-state index contributed by atoms with van der Waals surface area (Å²) in [5.74, 6) is 2.38. The van der Waals surface area contributed by atoms with Gasteiger partial charge in [-0.25, -0.2) is 19.9 Å². The van der Waals surface area contributed by atoms with Crippen LogP contribution in [0.3, 0.4) is 0 Å². The molecule has 0 unspecified atom stereocenters. The summed E-state index contributed by atoms with van der Waals surface area (Å²) in [6, 6.07) is 44.7. The Kier molecular flexibility index (Phi) is 5.64. The first-order valence-corrected chi connectivity index (χ1v) is 16.1. The molecule has 0 saturated carbocycles. The van der Waals surface area contributed by atoms with E-state index in [4.69, 9.17) is 28.8 Å². The number of rotatable bonds is 4. The molecule has 0 amide bonds. The van der Waals surface area contributed by atoms with E-state index < -0.39 is 0 Å². The summed E-state index contributed by atoms with van der Waals surface area (Å²) >= 11 is 1.76. The van der Waals surface area contributed by atoms with Crippen LogP contribution in [0, 0.1) is 0 Å². The van der Waals surface area contributed by atoms with E-state index in [1.807, 2.05) is 91.0 Å². The van der Waals surface area contributed by atoms with E-state index in [1.165, 1.54) is 15.5 Å². The van der Waals surface area contributed by atoms with Gasteiger partial charge >= 0.3 is 0 Å². The molecular formula is C40H22N4O2S. The first-order valence-electron chi connectivity index (χ1n) is 15.3. The lowest BCUT2D eigenvalue weighted by atomic mass is 10.0. The van der Waals surface area contributed by atoms with Crippen LogP contribution in [0.15, 0.2) is 142 Å². The van der Waals surface area contributed by atoms with Crippen LogP contribution in [0.5, 0.6) is 0 Å². The molecule has 0 aliphatic heterocycles. The zero-order valence-electron chi connectivity index (χ0n) is 24.7. The SMILES string of the molecule is c1ccc(-c2nc(-c3ccccc3)nc(-c3cccc4oc5cc6nc(-c7cccc8c7sc7ccccc78)oc6cc5c34)n2)cc1. The van der Waals surface area contributed by atoms with Crippen molar-refractivity contribution in [2.24, 2.45) is 0 Å². The van der Waals surface area contributed by atoms with Crippen molar-refractivity contribution in [3.8, 4) is 45.6 Å². The van der Waals surface area contributed by atoms with E-state index in [0.717, 1.165) is 54.4 Å². The summed E-state index contributed by atoms with van der Waals surface area (Å²) in [7, 11) is 0. The highest BCUT2D eigenvalue weighted by molar-refractivity contribution is 7.26. The lowest BCUT2D eigenvalue weighted by Crippen LogP contribution is -2.00. The molecule has 6 nitrogen and oxygen atoms in total. The molecule has 0 radical (unpaired) electrons. The van der Waals surface area contributed by atoms with Crippen LogP contribution in [0.1, 0.15) is 0 Å². The van der Waals surface area contributed by atoms with Crippen LogP contribution in [0.2, 0.25) is 0 Å². The molecule has 47 heavy (non-hydrogen) atoms. The first kappa shape index (κ1) is 26.1. The molecule has 0 fully saturated rings. The van der Waals surface area contributed by atoms with Gasteiger partial charge in [0.25, 0.3) is 0 Å². The molecule has 0 aliphatic rings. The van der Waals surface area contributed by atoms with Crippen LogP contribution in [-0.2, 0) is 0 Å². The second kappa shape index (κ2) is 10.2. The van der Waals surface area contributed by atoms with Gasteiger partial charge in [0, 0.05) is 53.7 Å². The summed E-state index contributed by atoms with van der Waals surface area (Å²) in [5, 5.41) is 4.27. The number of hydrogen-bond donors (Lipinski definition) is 0. The van der Waals surface area contributed by atoms with Gasteiger partial charge < -0.3 is 8.83 Å². The molecule has 4 aromatic heterocycles. The molecule has 6 aromatic carbocycles. The summed E-state index contributed by atoms with van der Waals surface area (Å²) in [6.45, 7) is 0. The van der Waals surface area contributed by atoms with E-state index in [9.17, 15) is 0 Å². The second-order valence-electron chi connectivity index (χ2n) is 11.4. The van der Waals surface area contributed by atoms with Crippen molar-refractivity contribution < 1.29 is 8.83 Å². The highest BCUT2D eigenvalue weighted by Crippen LogP contribution is 2.42. The largest absolute Gasteiger partial charge is 0.456 e. The standard InChI is InChI=1S/C40H22N4O2S/c1-3-11-23(12-4-1)37-42-38(24-13-5-2-6-14-24)44-39(43-37)27-17-10-19-31-35(27)29-21-33-30(22-32(29)45-31)41-40(46-33)28-18-9-16-26-25-15-7-8-20-34(25)47-36(26)28/h1-22H. The zero-order valence-corrected chi connectivity index (χ0v) is 25.5. The number of benzene rings is 6. The van der Waals surface area contributed by atoms with Gasteiger partial charge in [-0.2, -0.15) is 0 Å². The highest BCUT2D eigenvalue weighted by atomic mass is 32.1. The third kappa shape index (κ3) is 4.17. The van der Waals surface area contributed by atoms with Crippen molar-refractivity contribution >= 4 is 64.5 Å². The molecule has 0 saturated heterocycles. The fourth-order valence-electron chi connectivity index (χ4n) is 6.39. The van der Waals surface area contributed by atoms with Crippen molar-refractivity contribution in [3.63, 3.8) is 0 Å². The van der Waals surface area contributed by atoms with E-state index >= 15 is 0 Å². The number of oxazole rings is 1. The van der Waals surface area contributed by atoms with Gasteiger partial charge in [0.2, 0.25) is 5.89 Å². The van der Waals surface area contributed by atoms with E-state index in [-0.39, 0.29) is 0 Å². The van der Waals surface area contributed by atoms with Crippen LogP contribution in [-0.4, -0.2) is 19.9 Å². The van der Waals surface area contributed by atoms with Gasteiger partial charge in [-0.1, -0.05) is 103 Å². The Hall–Kier alpha value is -6.18. The van der Waals surface area contributed by atoms with E-state index in [2.05, 4.69) is 42.5 Å². The number of furan rings is 1. The fourth-order valence-corrected chi connectivity index (χ4v) is 7.60. The minimum atomic E-state index is 0.570. The quantitative estimate of drug-likeness (QED) is 0.194. The van der Waals surface area contributed by atoms with E-state index in [0.29, 0.717) is 28.9 Å². The molecule has 7 heteroatoms. The Morgan fingerprint density at radius 3 is 1.89 bits per heavy atom. The van der Waals surface area contributed by atoms with Crippen molar-refractivity contribution in [2.45, 2.75) is 0 Å². The number of fused-ring (bicyclic) bond motifs is 7. The molecule has 0 N–H and O–H groups in total. The molecule has 4 heterocycles. The van der Waals surface area contributed by atoms with Crippen LogP contribution < -0.4 is 0 Å². The maximum atomic E-state index is 6.50. The summed E-state index contributed by atoms with van der Waals surface area (Å²) in [5.41, 5.74) is 6.56. The Bertz CT molecular complexity index is 2740. The van der Waals surface area contributed by atoms with Gasteiger partial charge in [-0.3, -0.25) is 0 Å². The first-order chi connectivity index (χ1) is 23.3. The van der Waals surface area contributed by atoms with Crippen LogP contribution in [0.4, 0.5) is 0 Å². The molecule has 10 aromatic rings. The van der Waals surface area contributed by atoms with Gasteiger partial charge in [-0.05, 0) is 24.3 Å². The zero-order chi connectivity index (χ0) is 30.9. The summed E-state index contributed by atoms with van der Waals surface area (Å²) < 4.78 is 15.3. The average Bonchev–Trinajstić information content (AvgIpc) is 3.83. The highest BCUT2D eigenvalue weighted by Gasteiger charge is 2.20. The van der Waals surface area contributed by atoms with Gasteiger partial charge in [0.05, 0.1) is 5.56 Å². The number of nitrogens with zero attached hydrogens (tertiary/aromatic N) is 4. The molecule has 220 valence electrons. The maximum absolute atomic E-state index is 6.50. The van der Waals surface area contributed by atoms with Crippen molar-refractivity contribution in [1.82, 2.24) is 19.9 Å². The van der Waals surface area contributed by atoms with Crippen LogP contribution >= 0.6 is 11.3 Å². The lowest BCUT2D eigenvalue weighted by molar-refractivity contribution is 0.621. The fraction of sp³-hybridized carbons (Fsp3) is 0. The minimum Gasteiger partial charge on any atom is -0.456 e. The Labute approximate surface area is 271 Å². The monoisotopic (exact) mass is 622 g/mol. The number of aromatic nitrogens is 4. The van der Waals surface area contributed by atoms with Crippen molar-refractivity contribution in [1.29, 1.82) is 0 Å². The molecule has 10 rings (SSSR count). The normalized spacial score (nSPS) is 11.8. The Balaban J connectivity index is 1.17. The Morgan fingerprint density at radius 2 is 1.11 bits per heavy atom. The third-order valence-electron chi connectivity index (χ3n) is 8.58. The van der Waals surface area contributed by atoms with Gasteiger partial charge in [0.15, 0.2) is 23.1 Å². The lowest BCUT2D eigenvalue weighted by Gasteiger charge is -2.09. The van der Waals surface area contributed by atoms with Crippen molar-refractivity contribution in [3.05, 3.63) is 133 Å². The number of thiophene rings is 1. The van der Waals surface area contributed by atoms with Crippen molar-refractivity contribution in [2.75, 3.05) is 0 Å². The van der Waals surface area contributed by atoms with Crippen LogP contribution in [0.25, 0.3) is 98.8 Å². The van der Waals surface area contributed by atoms with Gasteiger partial charge in [0.1, 0.15) is 16.7 Å². The molecule has 0 spiro atoms. The second-order valence-corrected chi connectivity index (χ2v) is 12.5. The number of hydrogen-bond acceptors (Lipinski definition) is 7.